The summed E-state index contributed by atoms with van der Waals surface area (Å²) < 4.78 is 65.7. The van der Waals surface area contributed by atoms with Gasteiger partial charge in [-0.15, -0.1) is 0 Å². The number of hydrogen-bond donors (Lipinski definition) is 1. The molecule has 0 rings (SSSR count). The number of Topliss-reactive ketones (excluding diaryl/α,β-unsaturated/α-hetero) is 1. The highest BCUT2D eigenvalue weighted by molar-refractivity contribution is 5.83. The van der Waals surface area contributed by atoms with Crippen LogP contribution in [-0.2, 0) is 61.6 Å². The highest BCUT2D eigenvalue weighted by atomic mass is 16.6. The standard InChI is InChI=1S/C35H71NO13/c1-34(2,3)33(37)7-9-38-11-13-40-15-17-42-19-21-44-23-25-46-27-29-48-31-32-49-30-28-47-26-24-45-22-20-43-18-16-41-14-12-39-10-8-36-35(4,5)6/h36H,7-32H2,1-6H3. The fourth-order valence-electron chi connectivity index (χ4n) is 3.56. The lowest BCUT2D eigenvalue weighted by Gasteiger charge is -2.20. The molecule has 294 valence electrons. The van der Waals surface area contributed by atoms with E-state index < -0.39 is 0 Å². The number of nitrogens with one attached hydrogen (secondary N) is 1. The second-order valence-electron chi connectivity index (χ2n) is 12.9. The monoisotopic (exact) mass is 713 g/mol. The Labute approximate surface area is 296 Å². The van der Waals surface area contributed by atoms with Crippen LogP contribution in [0.5, 0.6) is 0 Å². The summed E-state index contributed by atoms with van der Waals surface area (Å²) in [4.78, 5) is 11.8. The summed E-state index contributed by atoms with van der Waals surface area (Å²) in [6, 6.07) is 0. The lowest BCUT2D eigenvalue weighted by atomic mass is 9.89. The molecule has 0 saturated heterocycles. The normalized spacial score (nSPS) is 12.3. The van der Waals surface area contributed by atoms with Crippen molar-refractivity contribution in [3.63, 3.8) is 0 Å². The maximum absolute atomic E-state index is 11.8. The third-order valence-corrected chi connectivity index (χ3v) is 6.30. The number of rotatable bonds is 39. The van der Waals surface area contributed by atoms with Gasteiger partial charge in [0, 0.05) is 23.9 Å². The third-order valence-electron chi connectivity index (χ3n) is 6.30. The van der Waals surface area contributed by atoms with Crippen molar-refractivity contribution in [2.24, 2.45) is 5.41 Å². The van der Waals surface area contributed by atoms with Crippen molar-refractivity contribution in [1.82, 2.24) is 5.32 Å². The van der Waals surface area contributed by atoms with E-state index in [1.165, 1.54) is 0 Å². The average molecular weight is 714 g/mol. The zero-order valence-electron chi connectivity index (χ0n) is 31.7. The van der Waals surface area contributed by atoms with Crippen LogP contribution in [0.2, 0.25) is 0 Å². The summed E-state index contributed by atoms with van der Waals surface area (Å²) in [6.45, 7) is 25.3. The molecule has 14 heteroatoms. The topological polar surface area (TPSA) is 140 Å². The second-order valence-corrected chi connectivity index (χ2v) is 12.9. The van der Waals surface area contributed by atoms with Crippen molar-refractivity contribution in [3.8, 4) is 0 Å². The molecule has 14 nitrogen and oxygen atoms in total. The minimum Gasteiger partial charge on any atom is -0.379 e. The summed E-state index contributed by atoms with van der Waals surface area (Å²) in [7, 11) is 0. The Hall–Kier alpha value is -0.850. The maximum atomic E-state index is 11.8. The molecule has 0 amide bonds. The van der Waals surface area contributed by atoms with Crippen molar-refractivity contribution >= 4 is 5.78 Å². The number of ketones is 1. The summed E-state index contributed by atoms with van der Waals surface area (Å²) >= 11 is 0. The maximum Gasteiger partial charge on any atom is 0.140 e. The van der Waals surface area contributed by atoms with Gasteiger partial charge in [0.25, 0.3) is 0 Å². The van der Waals surface area contributed by atoms with Crippen LogP contribution >= 0.6 is 0 Å². The first kappa shape index (κ1) is 48.1. The molecule has 0 aromatic heterocycles. The minimum atomic E-state index is -0.314. The summed E-state index contributed by atoms with van der Waals surface area (Å²) in [6.07, 6.45) is 0.432. The van der Waals surface area contributed by atoms with Crippen molar-refractivity contribution in [3.05, 3.63) is 0 Å². The fourth-order valence-corrected chi connectivity index (χ4v) is 3.56. The van der Waals surface area contributed by atoms with Crippen molar-refractivity contribution in [2.75, 3.05) is 165 Å². The van der Waals surface area contributed by atoms with Gasteiger partial charge in [-0.2, -0.15) is 0 Å². The zero-order chi connectivity index (χ0) is 36.2. The Kier molecular flexibility index (Phi) is 34.9. The van der Waals surface area contributed by atoms with Crippen LogP contribution < -0.4 is 5.32 Å². The molecule has 0 fully saturated rings. The van der Waals surface area contributed by atoms with E-state index in [1.54, 1.807) is 0 Å². The lowest BCUT2D eigenvalue weighted by molar-refractivity contribution is -0.127. The van der Waals surface area contributed by atoms with Crippen LogP contribution in [0.25, 0.3) is 0 Å². The van der Waals surface area contributed by atoms with E-state index in [4.69, 9.17) is 56.8 Å². The van der Waals surface area contributed by atoms with Gasteiger partial charge < -0.3 is 62.2 Å². The first-order valence-electron chi connectivity index (χ1n) is 17.8. The van der Waals surface area contributed by atoms with Gasteiger partial charge in [0.15, 0.2) is 0 Å². The highest BCUT2D eigenvalue weighted by Gasteiger charge is 2.20. The molecule has 0 spiro atoms. The minimum absolute atomic E-state index is 0.114. The van der Waals surface area contributed by atoms with Gasteiger partial charge in [-0.3, -0.25) is 4.79 Å². The van der Waals surface area contributed by atoms with Gasteiger partial charge in [-0.25, -0.2) is 0 Å². The first-order valence-corrected chi connectivity index (χ1v) is 17.8. The molecular formula is C35H71NO13. The van der Waals surface area contributed by atoms with Crippen LogP contribution in [0.15, 0.2) is 0 Å². The second kappa shape index (κ2) is 35.5. The number of carbonyl (C=O) groups is 1. The predicted octanol–water partition coefficient (Wildman–Crippen LogP) is 2.58. The van der Waals surface area contributed by atoms with E-state index in [0.29, 0.717) is 165 Å². The molecule has 0 aromatic rings. The zero-order valence-corrected chi connectivity index (χ0v) is 31.7. The van der Waals surface area contributed by atoms with Gasteiger partial charge >= 0.3 is 0 Å². The molecule has 0 radical (unpaired) electrons. The van der Waals surface area contributed by atoms with Crippen LogP contribution in [-0.4, -0.2) is 176 Å². The SMILES string of the molecule is CC(C)(C)NCCOCCOCCOCCOCCOCCOCCOCCOCCOCCOCCOCCOCCC(=O)C(C)(C)C. The highest BCUT2D eigenvalue weighted by Crippen LogP contribution is 2.16. The van der Waals surface area contributed by atoms with E-state index in [2.05, 4.69) is 26.1 Å². The fraction of sp³-hybridized carbons (Fsp3) is 0.971. The largest absolute Gasteiger partial charge is 0.379 e. The number of ether oxygens (including phenoxy) is 12. The van der Waals surface area contributed by atoms with E-state index in [0.717, 1.165) is 6.54 Å². The first-order chi connectivity index (χ1) is 23.6. The van der Waals surface area contributed by atoms with E-state index in [1.807, 2.05) is 20.8 Å². The Morgan fingerprint density at radius 2 is 0.551 bits per heavy atom. The Bertz CT molecular complexity index is 689. The van der Waals surface area contributed by atoms with Gasteiger partial charge in [-0.1, -0.05) is 20.8 Å². The molecule has 0 heterocycles. The van der Waals surface area contributed by atoms with Crippen molar-refractivity contribution in [1.29, 1.82) is 0 Å². The van der Waals surface area contributed by atoms with Crippen molar-refractivity contribution in [2.45, 2.75) is 53.5 Å². The van der Waals surface area contributed by atoms with E-state index >= 15 is 0 Å². The summed E-state index contributed by atoms with van der Waals surface area (Å²) in [5.74, 6) is 0.203. The van der Waals surface area contributed by atoms with Crippen LogP contribution in [0.4, 0.5) is 0 Å². The molecule has 0 aliphatic heterocycles. The Morgan fingerprint density at radius 1 is 0.347 bits per heavy atom. The average Bonchev–Trinajstić information content (AvgIpc) is 3.04. The molecular weight excluding hydrogens is 642 g/mol. The van der Waals surface area contributed by atoms with Gasteiger partial charge in [0.1, 0.15) is 5.78 Å². The molecule has 0 aliphatic carbocycles. The van der Waals surface area contributed by atoms with E-state index in [-0.39, 0.29) is 16.7 Å². The molecule has 1 N–H and O–H groups in total. The molecule has 0 atom stereocenters. The molecule has 0 bridgehead atoms. The van der Waals surface area contributed by atoms with Crippen LogP contribution in [0.3, 0.4) is 0 Å². The lowest BCUT2D eigenvalue weighted by Crippen LogP contribution is -2.38. The number of hydrogen-bond acceptors (Lipinski definition) is 14. The third kappa shape index (κ3) is 41.5. The predicted molar refractivity (Wildman–Crippen MR) is 187 cm³/mol. The van der Waals surface area contributed by atoms with Crippen LogP contribution in [0.1, 0.15) is 48.0 Å². The van der Waals surface area contributed by atoms with Gasteiger partial charge in [-0.05, 0) is 20.8 Å². The Morgan fingerprint density at radius 3 is 0.755 bits per heavy atom. The number of carbonyl (C=O) groups excluding carboxylic acids is 1. The molecule has 0 saturated carbocycles. The Balaban J connectivity index is 3.10. The molecule has 0 unspecified atom stereocenters. The van der Waals surface area contributed by atoms with Gasteiger partial charge in [0.2, 0.25) is 0 Å². The van der Waals surface area contributed by atoms with Crippen molar-refractivity contribution < 1.29 is 61.6 Å². The van der Waals surface area contributed by atoms with E-state index in [9.17, 15) is 4.79 Å². The summed E-state index contributed by atoms with van der Waals surface area (Å²) in [5.41, 5.74) is -0.200. The molecule has 0 aromatic carbocycles. The van der Waals surface area contributed by atoms with Gasteiger partial charge in [0.05, 0.1) is 159 Å². The smallest absolute Gasteiger partial charge is 0.140 e. The van der Waals surface area contributed by atoms with Crippen LogP contribution in [0, 0.1) is 5.41 Å². The molecule has 49 heavy (non-hydrogen) atoms. The summed E-state index contributed by atoms with van der Waals surface area (Å²) in [5, 5.41) is 3.37. The molecule has 0 aliphatic rings. The quantitative estimate of drug-likeness (QED) is 0.0934.